The fourth-order valence-electron chi connectivity index (χ4n) is 4.14. The number of carbonyl (C=O) groups is 2. The van der Waals surface area contributed by atoms with Crippen molar-refractivity contribution in [3.05, 3.63) is 89.3 Å². The molecule has 4 rings (SSSR count). The normalized spacial score (nSPS) is 16.9. The van der Waals surface area contributed by atoms with Gasteiger partial charge in [0.05, 0.1) is 32.4 Å². The van der Waals surface area contributed by atoms with Crippen LogP contribution in [-0.4, -0.2) is 47.5 Å². The number of ether oxygens (including phenoxy) is 3. The first-order valence-electron chi connectivity index (χ1n) is 11.1. The molecule has 1 fully saturated rings. The molecule has 8 heteroatoms. The summed E-state index contributed by atoms with van der Waals surface area (Å²) in [6.07, 6.45) is 3.26. The van der Waals surface area contributed by atoms with E-state index in [-0.39, 0.29) is 17.9 Å². The van der Waals surface area contributed by atoms with Gasteiger partial charge in [0.2, 0.25) is 0 Å². The quantitative estimate of drug-likeness (QED) is 0.298. The standard InChI is InChI=1S/C27H26N2O6/c1-4-35-19-9-7-18(8-10-19)25(30)23-24(21-14-20(33-2)11-12-22(21)34-3)29(27(32)26(23)31)16-17-6-5-13-28-15-17/h5-15,24,30H,4,16H2,1-3H3/t24-/m1/s1. The molecule has 0 bridgehead atoms. The van der Waals surface area contributed by atoms with Gasteiger partial charge in [-0.1, -0.05) is 6.07 Å². The van der Waals surface area contributed by atoms with Crippen LogP contribution in [0.2, 0.25) is 0 Å². The molecule has 0 unspecified atom stereocenters. The van der Waals surface area contributed by atoms with Crippen LogP contribution in [0.3, 0.4) is 0 Å². The van der Waals surface area contributed by atoms with E-state index in [4.69, 9.17) is 14.2 Å². The second kappa shape index (κ2) is 10.3. The number of amides is 1. The predicted molar refractivity (Wildman–Crippen MR) is 129 cm³/mol. The summed E-state index contributed by atoms with van der Waals surface area (Å²) >= 11 is 0. The SMILES string of the molecule is CCOc1ccc(C(O)=C2C(=O)C(=O)N(Cc3cccnc3)[C@@H]2c2cc(OC)ccc2OC)cc1. The molecule has 3 aromatic rings. The molecule has 1 amide bonds. The first kappa shape index (κ1) is 23.8. The van der Waals surface area contributed by atoms with Crippen molar-refractivity contribution in [2.45, 2.75) is 19.5 Å². The van der Waals surface area contributed by atoms with Gasteiger partial charge in [-0.2, -0.15) is 0 Å². The van der Waals surface area contributed by atoms with E-state index in [1.807, 2.05) is 13.0 Å². The van der Waals surface area contributed by atoms with Gasteiger partial charge in [0.15, 0.2) is 0 Å². The second-order valence-electron chi connectivity index (χ2n) is 7.85. The van der Waals surface area contributed by atoms with Crippen molar-refractivity contribution >= 4 is 17.4 Å². The Hall–Kier alpha value is -4.33. The fraction of sp³-hybridized carbons (Fsp3) is 0.222. The maximum Gasteiger partial charge on any atom is 0.295 e. The highest BCUT2D eigenvalue weighted by Crippen LogP contribution is 2.44. The fourth-order valence-corrected chi connectivity index (χ4v) is 4.14. The molecule has 1 N–H and O–H groups in total. The Bertz CT molecular complexity index is 1250. The maximum atomic E-state index is 13.3. The minimum atomic E-state index is -0.910. The Morgan fingerprint density at radius 3 is 2.40 bits per heavy atom. The molecule has 35 heavy (non-hydrogen) atoms. The Labute approximate surface area is 203 Å². The van der Waals surface area contributed by atoms with E-state index in [0.29, 0.717) is 35.0 Å². The molecule has 1 saturated heterocycles. The largest absolute Gasteiger partial charge is 0.507 e. The third-order valence-electron chi connectivity index (χ3n) is 5.79. The average Bonchev–Trinajstić information content (AvgIpc) is 3.14. The highest BCUT2D eigenvalue weighted by Gasteiger charge is 2.47. The van der Waals surface area contributed by atoms with Crippen LogP contribution in [0.15, 0.2) is 72.6 Å². The summed E-state index contributed by atoms with van der Waals surface area (Å²) in [6, 6.07) is 14.5. The molecular weight excluding hydrogens is 448 g/mol. The number of aliphatic hydroxyl groups excluding tert-OH is 1. The van der Waals surface area contributed by atoms with Crippen LogP contribution in [0.1, 0.15) is 29.7 Å². The van der Waals surface area contributed by atoms with Crippen LogP contribution < -0.4 is 14.2 Å². The summed E-state index contributed by atoms with van der Waals surface area (Å²) in [5, 5.41) is 11.3. The molecule has 1 aliphatic rings. The number of ketones is 1. The van der Waals surface area contributed by atoms with Gasteiger partial charge in [0.1, 0.15) is 23.0 Å². The average molecular weight is 475 g/mol. The number of rotatable bonds is 8. The number of hydrogen-bond acceptors (Lipinski definition) is 7. The number of nitrogens with zero attached hydrogens (tertiary/aromatic N) is 2. The topological polar surface area (TPSA) is 98.2 Å². The molecule has 1 atom stereocenters. The minimum Gasteiger partial charge on any atom is -0.507 e. The van der Waals surface area contributed by atoms with E-state index >= 15 is 0 Å². The smallest absolute Gasteiger partial charge is 0.295 e. The van der Waals surface area contributed by atoms with E-state index in [1.165, 1.54) is 19.1 Å². The Morgan fingerprint density at radius 2 is 1.77 bits per heavy atom. The number of likely N-dealkylation sites (tertiary alicyclic amines) is 1. The zero-order chi connectivity index (χ0) is 24.9. The monoisotopic (exact) mass is 474 g/mol. The molecular formula is C27H26N2O6. The van der Waals surface area contributed by atoms with Crippen LogP contribution in [0.25, 0.3) is 5.76 Å². The Balaban J connectivity index is 1.89. The van der Waals surface area contributed by atoms with Crippen LogP contribution in [0.5, 0.6) is 17.2 Å². The van der Waals surface area contributed by atoms with E-state index in [1.54, 1.807) is 60.9 Å². The van der Waals surface area contributed by atoms with Gasteiger partial charge in [-0.15, -0.1) is 0 Å². The number of aromatic nitrogens is 1. The molecule has 2 aromatic carbocycles. The number of hydrogen-bond donors (Lipinski definition) is 1. The van der Waals surface area contributed by atoms with Crippen molar-refractivity contribution in [1.29, 1.82) is 0 Å². The van der Waals surface area contributed by atoms with Crippen LogP contribution in [0.4, 0.5) is 0 Å². The summed E-state index contributed by atoms with van der Waals surface area (Å²) in [5.74, 6) is -0.186. The first-order valence-corrected chi connectivity index (χ1v) is 11.1. The summed E-state index contributed by atoms with van der Waals surface area (Å²) in [4.78, 5) is 32.1. The molecule has 0 spiro atoms. The number of Topliss-reactive ketones (excluding diaryl/α,β-unsaturated/α-hetero) is 1. The lowest BCUT2D eigenvalue weighted by atomic mass is 9.94. The van der Waals surface area contributed by atoms with Crippen LogP contribution in [-0.2, 0) is 16.1 Å². The van der Waals surface area contributed by atoms with Crippen molar-refractivity contribution in [2.24, 2.45) is 0 Å². The molecule has 0 saturated carbocycles. The number of carbonyl (C=O) groups excluding carboxylic acids is 2. The maximum absolute atomic E-state index is 13.3. The molecule has 1 aliphatic heterocycles. The molecule has 0 aliphatic carbocycles. The van der Waals surface area contributed by atoms with Gasteiger partial charge in [0.25, 0.3) is 11.7 Å². The highest BCUT2D eigenvalue weighted by atomic mass is 16.5. The minimum absolute atomic E-state index is 0.0328. The highest BCUT2D eigenvalue weighted by molar-refractivity contribution is 6.46. The summed E-state index contributed by atoms with van der Waals surface area (Å²) in [7, 11) is 3.03. The van der Waals surface area contributed by atoms with E-state index in [9.17, 15) is 14.7 Å². The zero-order valence-electron chi connectivity index (χ0n) is 19.7. The molecule has 1 aromatic heterocycles. The van der Waals surface area contributed by atoms with E-state index in [2.05, 4.69) is 4.98 Å². The third-order valence-corrected chi connectivity index (χ3v) is 5.79. The van der Waals surface area contributed by atoms with Gasteiger partial charge in [-0.25, -0.2) is 0 Å². The van der Waals surface area contributed by atoms with E-state index in [0.717, 1.165) is 5.56 Å². The van der Waals surface area contributed by atoms with Gasteiger partial charge in [0, 0.05) is 30.1 Å². The van der Waals surface area contributed by atoms with Crippen molar-refractivity contribution in [3.8, 4) is 17.2 Å². The lowest BCUT2D eigenvalue weighted by Gasteiger charge is -2.27. The van der Waals surface area contributed by atoms with Crippen molar-refractivity contribution in [3.63, 3.8) is 0 Å². The summed E-state index contributed by atoms with van der Waals surface area (Å²) < 4.78 is 16.4. The van der Waals surface area contributed by atoms with Crippen molar-refractivity contribution < 1.29 is 28.9 Å². The van der Waals surface area contributed by atoms with Gasteiger partial charge in [-0.3, -0.25) is 14.6 Å². The predicted octanol–water partition coefficient (Wildman–Crippen LogP) is 4.12. The Kier molecular flexibility index (Phi) is 7.01. The number of methoxy groups -OCH3 is 2. The van der Waals surface area contributed by atoms with Crippen LogP contribution >= 0.6 is 0 Å². The Morgan fingerprint density at radius 1 is 1.03 bits per heavy atom. The van der Waals surface area contributed by atoms with Crippen LogP contribution in [0, 0.1) is 0 Å². The summed E-state index contributed by atoms with van der Waals surface area (Å²) in [6.45, 7) is 2.49. The van der Waals surface area contributed by atoms with Crippen molar-refractivity contribution in [2.75, 3.05) is 20.8 Å². The molecule has 8 nitrogen and oxygen atoms in total. The van der Waals surface area contributed by atoms with Crippen molar-refractivity contribution in [1.82, 2.24) is 9.88 Å². The number of pyridine rings is 1. The number of aliphatic hydroxyl groups is 1. The third kappa shape index (κ3) is 4.68. The lowest BCUT2D eigenvalue weighted by Crippen LogP contribution is -2.29. The molecule has 0 radical (unpaired) electrons. The molecule has 2 heterocycles. The van der Waals surface area contributed by atoms with Gasteiger partial charge < -0.3 is 24.2 Å². The second-order valence-corrected chi connectivity index (χ2v) is 7.85. The number of benzene rings is 2. The van der Waals surface area contributed by atoms with E-state index < -0.39 is 17.7 Å². The lowest BCUT2D eigenvalue weighted by molar-refractivity contribution is -0.140. The first-order chi connectivity index (χ1) is 17.0. The molecule has 180 valence electrons. The zero-order valence-corrected chi connectivity index (χ0v) is 19.7. The van der Waals surface area contributed by atoms with Gasteiger partial charge in [-0.05, 0) is 61.0 Å². The van der Waals surface area contributed by atoms with Gasteiger partial charge >= 0.3 is 0 Å². The summed E-state index contributed by atoms with van der Waals surface area (Å²) in [5.41, 5.74) is 1.61.